The van der Waals surface area contributed by atoms with Gasteiger partial charge in [-0.15, -0.1) is 0 Å². The van der Waals surface area contributed by atoms with Gasteiger partial charge in [-0.1, -0.05) is 0 Å². The van der Waals surface area contributed by atoms with Crippen LogP contribution in [-0.2, 0) is 20.1 Å². The summed E-state index contributed by atoms with van der Waals surface area (Å²) in [5.74, 6) is 1.33. The number of rotatable bonds is 2. The molecular formula is C10H13N7O2. The van der Waals surface area contributed by atoms with E-state index in [0.29, 0.717) is 31.1 Å². The van der Waals surface area contributed by atoms with Gasteiger partial charge in [-0.05, 0) is 6.92 Å². The van der Waals surface area contributed by atoms with Crippen molar-refractivity contribution in [2.75, 3.05) is 11.4 Å². The number of aromatic nitrogens is 5. The van der Waals surface area contributed by atoms with Crippen molar-refractivity contribution < 1.29 is 4.92 Å². The number of hydrogen-bond donors (Lipinski definition) is 0. The zero-order valence-corrected chi connectivity index (χ0v) is 10.6. The number of anilines is 1. The lowest BCUT2D eigenvalue weighted by Gasteiger charge is -2.27. The molecule has 0 aliphatic carbocycles. The maximum absolute atomic E-state index is 11.2. The molecular weight excluding hydrogens is 250 g/mol. The fraction of sp³-hybridized carbons (Fsp3) is 0.500. The first-order chi connectivity index (χ1) is 9.08. The van der Waals surface area contributed by atoms with Gasteiger partial charge in [0.05, 0.1) is 18.0 Å². The molecule has 9 nitrogen and oxygen atoms in total. The fourth-order valence-corrected chi connectivity index (χ4v) is 2.45. The highest BCUT2D eigenvalue weighted by atomic mass is 16.6. The SMILES string of the molecule is Cc1nn(C)c(N2CCn3ncnc3C2)c1[N+](=O)[O-]. The Kier molecular flexibility index (Phi) is 2.47. The standard InChI is InChI=1S/C10H13N7O2/c1-7-9(17(18)19)10(14(2)13-7)15-3-4-16-8(5-15)11-6-12-16/h6H,3-5H2,1-2H3. The van der Waals surface area contributed by atoms with Gasteiger partial charge in [-0.2, -0.15) is 10.2 Å². The van der Waals surface area contributed by atoms with Crippen LogP contribution in [0.15, 0.2) is 6.33 Å². The Balaban J connectivity index is 2.02. The van der Waals surface area contributed by atoms with Crippen LogP contribution in [0.2, 0.25) is 0 Å². The number of aryl methyl sites for hydroxylation is 2. The number of nitrogens with zero attached hydrogens (tertiary/aromatic N) is 7. The van der Waals surface area contributed by atoms with E-state index in [-0.39, 0.29) is 10.6 Å². The Labute approximate surface area is 108 Å². The molecule has 9 heteroatoms. The molecule has 2 aromatic rings. The number of nitro groups is 1. The molecule has 0 saturated carbocycles. The summed E-state index contributed by atoms with van der Waals surface area (Å²) in [4.78, 5) is 16.9. The van der Waals surface area contributed by atoms with Crippen LogP contribution >= 0.6 is 0 Å². The zero-order chi connectivity index (χ0) is 13.6. The van der Waals surface area contributed by atoms with Gasteiger partial charge in [0.15, 0.2) is 0 Å². The fourth-order valence-electron chi connectivity index (χ4n) is 2.45. The average Bonchev–Trinajstić information content (AvgIpc) is 2.91. The van der Waals surface area contributed by atoms with Crippen LogP contribution < -0.4 is 4.90 Å². The molecule has 0 spiro atoms. The maximum Gasteiger partial charge on any atom is 0.333 e. The average molecular weight is 263 g/mol. The molecule has 100 valence electrons. The topological polar surface area (TPSA) is 94.9 Å². The zero-order valence-electron chi connectivity index (χ0n) is 10.6. The van der Waals surface area contributed by atoms with Crippen LogP contribution in [0.4, 0.5) is 11.5 Å². The first-order valence-electron chi connectivity index (χ1n) is 5.87. The summed E-state index contributed by atoms with van der Waals surface area (Å²) in [6.45, 7) is 3.46. The molecule has 19 heavy (non-hydrogen) atoms. The van der Waals surface area contributed by atoms with Gasteiger partial charge in [0.25, 0.3) is 0 Å². The minimum atomic E-state index is -0.378. The lowest BCUT2D eigenvalue weighted by molar-refractivity contribution is -0.384. The van der Waals surface area contributed by atoms with Crippen molar-refractivity contribution in [3.05, 3.63) is 28.0 Å². The van der Waals surface area contributed by atoms with E-state index in [1.165, 1.54) is 6.33 Å². The Morgan fingerprint density at radius 1 is 1.42 bits per heavy atom. The van der Waals surface area contributed by atoms with E-state index in [0.717, 1.165) is 5.82 Å². The van der Waals surface area contributed by atoms with Crippen molar-refractivity contribution in [3.8, 4) is 0 Å². The third kappa shape index (κ3) is 1.74. The second-order valence-corrected chi connectivity index (χ2v) is 4.46. The van der Waals surface area contributed by atoms with E-state index < -0.39 is 0 Å². The summed E-state index contributed by atoms with van der Waals surface area (Å²) in [6.07, 6.45) is 1.50. The van der Waals surface area contributed by atoms with Crippen molar-refractivity contribution in [1.29, 1.82) is 0 Å². The van der Waals surface area contributed by atoms with Crippen molar-refractivity contribution >= 4 is 11.5 Å². The van der Waals surface area contributed by atoms with E-state index in [9.17, 15) is 10.1 Å². The molecule has 1 aliphatic heterocycles. The Morgan fingerprint density at radius 3 is 2.95 bits per heavy atom. The van der Waals surface area contributed by atoms with Crippen molar-refractivity contribution in [1.82, 2.24) is 24.5 Å². The highest BCUT2D eigenvalue weighted by molar-refractivity contribution is 5.61. The van der Waals surface area contributed by atoms with E-state index in [4.69, 9.17) is 0 Å². The van der Waals surface area contributed by atoms with Crippen LogP contribution in [0.25, 0.3) is 0 Å². The van der Waals surface area contributed by atoms with Crippen LogP contribution in [0.1, 0.15) is 11.5 Å². The van der Waals surface area contributed by atoms with Gasteiger partial charge in [0.2, 0.25) is 5.82 Å². The minimum absolute atomic E-state index is 0.0652. The van der Waals surface area contributed by atoms with Gasteiger partial charge in [-0.25, -0.2) is 14.3 Å². The lowest BCUT2D eigenvalue weighted by atomic mass is 10.3. The van der Waals surface area contributed by atoms with Gasteiger partial charge in [0.1, 0.15) is 17.8 Å². The molecule has 0 fully saturated rings. The second-order valence-electron chi connectivity index (χ2n) is 4.46. The summed E-state index contributed by atoms with van der Waals surface area (Å²) in [5.41, 5.74) is 0.491. The number of hydrogen-bond acceptors (Lipinski definition) is 6. The molecule has 2 aromatic heterocycles. The van der Waals surface area contributed by atoms with E-state index in [1.807, 2.05) is 9.58 Å². The third-order valence-electron chi connectivity index (χ3n) is 3.25. The Bertz CT molecular complexity index is 644. The highest BCUT2D eigenvalue weighted by Gasteiger charge is 2.30. The van der Waals surface area contributed by atoms with Crippen LogP contribution in [0.5, 0.6) is 0 Å². The highest BCUT2D eigenvalue weighted by Crippen LogP contribution is 2.32. The van der Waals surface area contributed by atoms with E-state index in [1.54, 1.807) is 18.7 Å². The smallest absolute Gasteiger partial charge is 0.333 e. The summed E-state index contributed by atoms with van der Waals surface area (Å²) < 4.78 is 3.37. The summed E-state index contributed by atoms with van der Waals surface area (Å²) in [5, 5.41) is 19.4. The van der Waals surface area contributed by atoms with Gasteiger partial charge in [0, 0.05) is 13.6 Å². The summed E-state index contributed by atoms with van der Waals surface area (Å²) in [7, 11) is 1.72. The van der Waals surface area contributed by atoms with Crippen molar-refractivity contribution in [2.24, 2.45) is 7.05 Å². The molecule has 0 saturated heterocycles. The maximum atomic E-state index is 11.2. The van der Waals surface area contributed by atoms with E-state index >= 15 is 0 Å². The van der Waals surface area contributed by atoms with Crippen LogP contribution in [0.3, 0.4) is 0 Å². The Hall–Kier alpha value is -2.45. The molecule has 3 heterocycles. The second kappa shape index (κ2) is 4.04. The molecule has 3 rings (SSSR count). The van der Waals surface area contributed by atoms with Gasteiger partial charge in [-0.3, -0.25) is 10.1 Å². The predicted molar refractivity (Wildman–Crippen MR) is 65.7 cm³/mol. The number of fused-ring (bicyclic) bond motifs is 1. The van der Waals surface area contributed by atoms with E-state index in [2.05, 4.69) is 15.2 Å². The third-order valence-corrected chi connectivity index (χ3v) is 3.25. The van der Waals surface area contributed by atoms with Crippen LogP contribution in [0, 0.1) is 17.0 Å². The largest absolute Gasteiger partial charge is 0.342 e. The minimum Gasteiger partial charge on any atom is -0.342 e. The molecule has 0 unspecified atom stereocenters. The monoisotopic (exact) mass is 263 g/mol. The molecule has 0 N–H and O–H groups in total. The molecule has 0 atom stereocenters. The van der Waals surface area contributed by atoms with Gasteiger partial charge >= 0.3 is 5.69 Å². The van der Waals surface area contributed by atoms with Crippen molar-refractivity contribution in [2.45, 2.75) is 20.0 Å². The normalized spacial score (nSPS) is 14.5. The summed E-state index contributed by atoms with van der Waals surface area (Å²) in [6, 6.07) is 0. The molecule has 0 aromatic carbocycles. The molecule has 0 amide bonds. The first kappa shape index (κ1) is 11.6. The van der Waals surface area contributed by atoms with Crippen LogP contribution in [-0.4, -0.2) is 36.0 Å². The van der Waals surface area contributed by atoms with Crippen molar-refractivity contribution in [3.63, 3.8) is 0 Å². The molecule has 0 radical (unpaired) electrons. The lowest BCUT2D eigenvalue weighted by Crippen LogP contribution is -2.35. The summed E-state index contributed by atoms with van der Waals surface area (Å²) >= 11 is 0. The molecule has 0 bridgehead atoms. The predicted octanol–water partition coefficient (Wildman–Crippen LogP) is 0.248. The Morgan fingerprint density at radius 2 is 2.21 bits per heavy atom. The molecule has 1 aliphatic rings. The first-order valence-corrected chi connectivity index (χ1v) is 5.87. The van der Waals surface area contributed by atoms with Gasteiger partial charge < -0.3 is 4.90 Å². The quantitative estimate of drug-likeness (QED) is 0.569.